The molecule has 0 radical (unpaired) electrons. The summed E-state index contributed by atoms with van der Waals surface area (Å²) in [5, 5.41) is 5.59. The van der Waals surface area contributed by atoms with Gasteiger partial charge in [-0.15, -0.1) is 0 Å². The first kappa shape index (κ1) is 16.2. The molecular formula is C20H25N5. The van der Waals surface area contributed by atoms with Gasteiger partial charge in [-0.2, -0.15) is 5.10 Å². The van der Waals surface area contributed by atoms with Crippen LogP contribution in [0.4, 0.5) is 0 Å². The lowest BCUT2D eigenvalue weighted by molar-refractivity contribution is 0.139. The number of benzene rings is 1. The molecule has 130 valence electrons. The highest BCUT2D eigenvalue weighted by Gasteiger charge is 2.25. The van der Waals surface area contributed by atoms with Gasteiger partial charge in [0.05, 0.1) is 17.6 Å². The van der Waals surface area contributed by atoms with E-state index in [0.717, 1.165) is 43.4 Å². The molecule has 1 aliphatic rings. The van der Waals surface area contributed by atoms with Crippen molar-refractivity contribution in [2.24, 2.45) is 0 Å². The Morgan fingerprint density at radius 1 is 1.12 bits per heavy atom. The molecule has 1 aliphatic heterocycles. The molecule has 0 saturated carbocycles. The standard InChI is InChI=1S/C20H25N5/c1-15-3-5-17(6-4-15)11-16(2)24-9-7-19(8-10-24)25-20-18(13-23-25)12-21-14-22-20/h3-6,12-14,16,19H,7-11H2,1-2H3. The molecule has 3 heterocycles. The molecule has 1 unspecified atom stereocenters. The molecule has 0 spiro atoms. The minimum absolute atomic E-state index is 0.440. The molecule has 2 aromatic heterocycles. The van der Waals surface area contributed by atoms with Gasteiger partial charge in [0.25, 0.3) is 0 Å². The second kappa shape index (κ2) is 6.92. The first-order valence-electron chi connectivity index (χ1n) is 9.13. The van der Waals surface area contributed by atoms with Crippen LogP contribution >= 0.6 is 0 Å². The van der Waals surface area contributed by atoms with E-state index in [1.807, 2.05) is 12.4 Å². The largest absolute Gasteiger partial charge is 0.300 e. The van der Waals surface area contributed by atoms with Crippen LogP contribution in [0.25, 0.3) is 11.0 Å². The van der Waals surface area contributed by atoms with Gasteiger partial charge >= 0.3 is 0 Å². The highest BCUT2D eigenvalue weighted by atomic mass is 15.3. The van der Waals surface area contributed by atoms with E-state index < -0.39 is 0 Å². The van der Waals surface area contributed by atoms with Crippen LogP contribution in [0.2, 0.25) is 0 Å². The average molecular weight is 335 g/mol. The van der Waals surface area contributed by atoms with Crippen molar-refractivity contribution in [3.8, 4) is 0 Å². The summed E-state index contributed by atoms with van der Waals surface area (Å²) >= 11 is 0. The van der Waals surface area contributed by atoms with Crippen LogP contribution in [-0.2, 0) is 6.42 Å². The fraction of sp³-hybridized carbons (Fsp3) is 0.450. The third-order valence-electron chi connectivity index (χ3n) is 5.38. The van der Waals surface area contributed by atoms with Gasteiger partial charge in [-0.3, -0.25) is 0 Å². The lowest BCUT2D eigenvalue weighted by atomic mass is 10.00. The second-order valence-corrected chi connectivity index (χ2v) is 7.20. The van der Waals surface area contributed by atoms with Crippen LogP contribution < -0.4 is 0 Å². The fourth-order valence-electron chi connectivity index (χ4n) is 3.83. The van der Waals surface area contributed by atoms with Gasteiger partial charge in [0, 0.05) is 25.3 Å². The van der Waals surface area contributed by atoms with Crippen LogP contribution in [0.5, 0.6) is 0 Å². The zero-order valence-corrected chi connectivity index (χ0v) is 15.0. The number of rotatable bonds is 4. The summed E-state index contributed by atoms with van der Waals surface area (Å²) in [6.07, 6.45) is 8.69. The lowest BCUT2D eigenvalue weighted by Crippen LogP contribution is -2.41. The Morgan fingerprint density at radius 3 is 2.64 bits per heavy atom. The second-order valence-electron chi connectivity index (χ2n) is 7.20. The molecule has 0 aliphatic carbocycles. The molecule has 0 bridgehead atoms. The molecule has 4 rings (SSSR count). The molecule has 0 amide bonds. The monoisotopic (exact) mass is 335 g/mol. The van der Waals surface area contributed by atoms with E-state index in [-0.39, 0.29) is 0 Å². The molecular weight excluding hydrogens is 310 g/mol. The van der Waals surface area contributed by atoms with Gasteiger partial charge in [0.15, 0.2) is 5.65 Å². The molecule has 1 atom stereocenters. The molecule has 3 aromatic rings. The van der Waals surface area contributed by atoms with E-state index in [9.17, 15) is 0 Å². The number of likely N-dealkylation sites (tertiary alicyclic amines) is 1. The number of piperidine rings is 1. The third kappa shape index (κ3) is 3.42. The normalized spacial score (nSPS) is 17.8. The van der Waals surface area contributed by atoms with Gasteiger partial charge in [-0.25, -0.2) is 14.6 Å². The number of aryl methyl sites for hydroxylation is 1. The topological polar surface area (TPSA) is 46.8 Å². The van der Waals surface area contributed by atoms with E-state index in [1.165, 1.54) is 11.1 Å². The van der Waals surface area contributed by atoms with Crippen molar-refractivity contribution in [1.82, 2.24) is 24.6 Å². The van der Waals surface area contributed by atoms with Crippen molar-refractivity contribution in [3.63, 3.8) is 0 Å². The SMILES string of the molecule is Cc1ccc(CC(C)N2CCC(n3ncc4cncnc43)CC2)cc1. The van der Waals surface area contributed by atoms with Gasteiger partial charge < -0.3 is 4.90 Å². The Labute approximate surface area is 148 Å². The average Bonchev–Trinajstić information content (AvgIpc) is 3.08. The Balaban J connectivity index is 1.38. The first-order valence-corrected chi connectivity index (χ1v) is 9.13. The van der Waals surface area contributed by atoms with Gasteiger partial charge in [0.1, 0.15) is 6.33 Å². The van der Waals surface area contributed by atoms with E-state index in [0.29, 0.717) is 12.1 Å². The Hall–Kier alpha value is -2.27. The summed E-state index contributed by atoms with van der Waals surface area (Å²) in [6, 6.07) is 9.94. The van der Waals surface area contributed by atoms with Gasteiger partial charge in [-0.05, 0) is 38.7 Å². The number of hydrogen-bond acceptors (Lipinski definition) is 4. The number of nitrogens with zero attached hydrogens (tertiary/aromatic N) is 5. The van der Waals surface area contributed by atoms with Crippen LogP contribution in [-0.4, -0.2) is 43.8 Å². The third-order valence-corrected chi connectivity index (χ3v) is 5.38. The molecule has 1 fully saturated rings. The van der Waals surface area contributed by atoms with Gasteiger partial charge in [0.2, 0.25) is 0 Å². The van der Waals surface area contributed by atoms with Gasteiger partial charge in [-0.1, -0.05) is 29.8 Å². The van der Waals surface area contributed by atoms with E-state index in [1.54, 1.807) is 6.33 Å². The number of hydrogen-bond donors (Lipinski definition) is 0. The van der Waals surface area contributed by atoms with Crippen LogP contribution in [0, 0.1) is 6.92 Å². The zero-order chi connectivity index (χ0) is 17.2. The van der Waals surface area contributed by atoms with Crippen molar-refractivity contribution in [1.29, 1.82) is 0 Å². The van der Waals surface area contributed by atoms with Crippen molar-refractivity contribution in [3.05, 3.63) is 54.1 Å². The highest BCUT2D eigenvalue weighted by Crippen LogP contribution is 2.26. The Kier molecular flexibility index (Phi) is 4.49. The predicted octanol–water partition coefficient (Wildman–Crippen LogP) is 3.40. The van der Waals surface area contributed by atoms with Crippen molar-refractivity contribution in [2.45, 2.75) is 45.2 Å². The fourth-order valence-corrected chi connectivity index (χ4v) is 3.83. The zero-order valence-electron chi connectivity index (χ0n) is 15.0. The maximum Gasteiger partial charge on any atom is 0.161 e. The number of aromatic nitrogens is 4. The minimum atomic E-state index is 0.440. The Morgan fingerprint density at radius 2 is 1.88 bits per heavy atom. The molecule has 5 nitrogen and oxygen atoms in total. The smallest absolute Gasteiger partial charge is 0.161 e. The van der Waals surface area contributed by atoms with E-state index >= 15 is 0 Å². The van der Waals surface area contributed by atoms with E-state index in [4.69, 9.17) is 0 Å². The minimum Gasteiger partial charge on any atom is -0.300 e. The first-order chi connectivity index (χ1) is 12.2. The van der Waals surface area contributed by atoms with Crippen LogP contribution in [0.3, 0.4) is 0 Å². The molecule has 25 heavy (non-hydrogen) atoms. The quantitative estimate of drug-likeness (QED) is 0.733. The summed E-state index contributed by atoms with van der Waals surface area (Å²) in [4.78, 5) is 11.1. The molecule has 0 N–H and O–H groups in total. The maximum atomic E-state index is 4.56. The van der Waals surface area contributed by atoms with Crippen molar-refractivity contribution in [2.75, 3.05) is 13.1 Å². The predicted molar refractivity (Wildman–Crippen MR) is 99.5 cm³/mol. The van der Waals surface area contributed by atoms with E-state index in [2.05, 4.69) is 62.8 Å². The number of fused-ring (bicyclic) bond motifs is 1. The summed E-state index contributed by atoms with van der Waals surface area (Å²) in [6.45, 7) is 6.72. The maximum absolute atomic E-state index is 4.56. The Bertz CT molecular complexity index is 831. The summed E-state index contributed by atoms with van der Waals surface area (Å²) in [5.74, 6) is 0. The summed E-state index contributed by atoms with van der Waals surface area (Å²) in [5.41, 5.74) is 3.71. The summed E-state index contributed by atoms with van der Waals surface area (Å²) < 4.78 is 2.10. The molecule has 1 aromatic carbocycles. The van der Waals surface area contributed by atoms with Crippen LogP contribution in [0.1, 0.15) is 36.9 Å². The lowest BCUT2D eigenvalue weighted by Gasteiger charge is -2.36. The molecule has 1 saturated heterocycles. The molecule has 5 heteroatoms. The van der Waals surface area contributed by atoms with Crippen LogP contribution in [0.15, 0.2) is 43.0 Å². The summed E-state index contributed by atoms with van der Waals surface area (Å²) in [7, 11) is 0. The van der Waals surface area contributed by atoms with Crippen molar-refractivity contribution < 1.29 is 0 Å². The van der Waals surface area contributed by atoms with Crippen molar-refractivity contribution >= 4 is 11.0 Å². The highest BCUT2D eigenvalue weighted by molar-refractivity contribution is 5.72.